The minimum Gasteiger partial charge on any atom is -0.496 e. The first kappa shape index (κ1) is 16.1. The molecule has 0 spiro atoms. The Morgan fingerprint density at radius 2 is 2.10 bits per heavy atom. The molecule has 0 N–H and O–H groups in total. The van der Waals surface area contributed by atoms with Gasteiger partial charge in [-0.15, -0.1) is 0 Å². The molecule has 0 amide bonds. The first-order chi connectivity index (χ1) is 10.2. The van der Waals surface area contributed by atoms with Gasteiger partial charge in [0.25, 0.3) is 0 Å². The fourth-order valence-corrected chi connectivity index (χ4v) is 3.16. The van der Waals surface area contributed by atoms with Crippen LogP contribution in [0.5, 0.6) is 5.75 Å². The predicted octanol–water partition coefficient (Wildman–Crippen LogP) is 3.44. The lowest BCUT2D eigenvalue weighted by atomic mass is 10.0. The predicted molar refractivity (Wildman–Crippen MR) is 82.8 cm³/mol. The zero-order chi connectivity index (χ0) is 15.2. The van der Waals surface area contributed by atoms with Gasteiger partial charge in [-0.3, -0.25) is 9.69 Å². The number of nitrogens with zero attached hydrogens (tertiary/aromatic N) is 1. The van der Waals surface area contributed by atoms with Crippen molar-refractivity contribution < 1.29 is 14.3 Å². The van der Waals surface area contributed by atoms with E-state index >= 15 is 0 Å². The van der Waals surface area contributed by atoms with Crippen LogP contribution in [0.25, 0.3) is 0 Å². The third-order valence-corrected chi connectivity index (χ3v) is 4.14. The minimum absolute atomic E-state index is 0.0878. The van der Waals surface area contributed by atoms with Crippen LogP contribution in [0.4, 0.5) is 0 Å². The van der Waals surface area contributed by atoms with E-state index in [0.717, 1.165) is 37.2 Å². The molecule has 1 fully saturated rings. The van der Waals surface area contributed by atoms with Gasteiger partial charge in [-0.05, 0) is 45.0 Å². The van der Waals surface area contributed by atoms with Crippen LogP contribution in [0.3, 0.4) is 0 Å². The Hall–Kier alpha value is -1.26. The fraction of sp³-hybridized carbons (Fsp3) is 0.562. The number of esters is 1. The standard InChI is InChI=1S/C16H22ClNO3/c1-3-21-15(19)11-13(18-9-4-5-10-18)16-12(17)7-6-8-14(16)20-2/h6-8,13H,3-5,9-11H2,1-2H3. The average molecular weight is 312 g/mol. The fourth-order valence-electron chi connectivity index (χ4n) is 2.86. The molecule has 1 atom stereocenters. The van der Waals surface area contributed by atoms with Crippen molar-refractivity contribution in [1.82, 2.24) is 4.90 Å². The van der Waals surface area contributed by atoms with Gasteiger partial charge < -0.3 is 9.47 Å². The minimum atomic E-state index is -0.198. The molecule has 2 rings (SSSR count). The molecular formula is C16H22ClNO3. The summed E-state index contributed by atoms with van der Waals surface area (Å²) in [4.78, 5) is 14.3. The van der Waals surface area contributed by atoms with E-state index in [-0.39, 0.29) is 12.0 Å². The van der Waals surface area contributed by atoms with E-state index in [9.17, 15) is 4.79 Å². The zero-order valence-corrected chi connectivity index (χ0v) is 13.4. The summed E-state index contributed by atoms with van der Waals surface area (Å²) in [5.74, 6) is 0.528. The number of ether oxygens (including phenoxy) is 2. The second kappa shape index (κ2) is 7.66. The lowest BCUT2D eigenvalue weighted by Gasteiger charge is -2.29. The summed E-state index contributed by atoms with van der Waals surface area (Å²) >= 11 is 6.38. The molecular weight excluding hydrogens is 290 g/mol. The molecule has 0 radical (unpaired) electrons. The average Bonchev–Trinajstić information content (AvgIpc) is 2.99. The van der Waals surface area contributed by atoms with Gasteiger partial charge in [0.2, 0.25) is 0 Å². The molecule has 116 valence electrons. The monoisotopic (exact) mass is 311 g/mol. The largest absolute Gasteiger partial charge is 0.496 e. The Bertz CT molecular complexity index is 486. The first-order valence-corrected chi connectivity index (χ1v) is 7.77. The van der Waals surface area contributed by atoms with E-state index in [4.69, 9.17) is 21.1 Å². The van der Waals surface area contributed by atoms with Crippen LogP contribution in [0.1, 0.15) is 37.8 Å². The number of likely N-dealkylation sites (tertiary alicyclic amines) is 1. The van der Waals surface area contributed by atoms with E-state index in [1.807, 2.05) is 25.1 Å². The third-order valence-electron chi connectivity index (χ3n) is 3.81. The Morgan fingerprint density at radius 3 is 2.71 bits per heavy atom. The van der Waals surface area contributed by atoms with Crippen molar-refractivity contribution >= 4 is 17.6 Å². The SMILES string of the molecule is CCOC(=O)CC(c1c(Cl)cccc1OC)N1CCCC1. The molecule has 1 aliphatic rings. The zero-order valence-electron chi connectivity index (χ0n) is 12.6. The van der Waals surface area contributed by atoms with Gasteiger partial charge in [0.05, 0.1) is 26.2 Å². The van der Waals surface area contributed by atoms with Crippen LogP contribution in [-0.4, -0.2) is 37.7 Å². The maximum Gasteiger partial charge on any atom is 0.307 e. The lowest BCUT2D eigenvalue weighted by molar-refractivity contribution is -0.144. The number of carbonyl (C=O) groups is 1. The van der Waals surface area contributed by atoms with Crippen molar-refractivity contribution in [3.05, 3.63) is 28.8 Å². The number of benzene rings is 1. The number of halogens is 1. The highest BCUT2D eigenvalue weighted by molar-refractivity contribution is 6.31. The number of hydrogen-bond acceptors (Lipinski definition) is 4. The highest BCUT2D eigenvalue weighted by Gasteiger charge is 2.30. The van der Waals surface area contributed by atoms with E-state index in [2.05, 4.69) is 4.90 Å². The van der Waals surface area contributed by atoms with Crippen LogP contribution in [0.15, 0.2) is 18.2 Å². The highest BCUT2D eigenvalue weighted by Crippen LogP contribution is 2.38. The summed E-state index contributed by atoms with van der Waals surface area (Å²) in [6.45, 7) is 4.15. The summed E-state index contributed by atoms with van der Waals surface area (Å²) in [6, 6.07) is 5.49. The lowest BCUT2D eigenvalue weighted by Crippen LogP contribution is -2.29. The van der Waals surface area contributed by atoms with Gasteiger partial charge in [0, 0.05) is 10.6 Å². The van der Waals surface area contributed by atoms with E-state index < -0.39 is 0 Å². The second-order valence-corrected chi connectivity index (χ2v) is 5.53. The van der Waals surface area contributed by atoms with Gasteiger partial charge in [-0.25, -0.2) is 0 Å². The van der Waals surface area contributed by atoms with E-state index in [1.54, 1.807) is 7.11 Å². The number of methoxy groups -OCH3 is 1. The van der Waals surface area contributed by atoms with Crippen molar-refractivity contribution in [2.24, 2.45) is 0 Å². The summed E-state index contributed by atoms with van der Waals surface area (Å²) < 4.78 is 10.6. The van der Waals surface area contributed by atoms with Crippen LogP contribution in [0, 0.1) is 0 Å². The Morgan fingerprint density at radius 1 is 1.38 bits per heavy atom. The molecule has 4 nitrogen and oxygen atoms in total. The molecule has 1 aromatic carbocycles. The third kappa shape index (κ3) is 3.89. The van der Waals surface area contributed by atoms with Gasteiger partial charge in [-0.1, -0.05) is 17.7 Å². The van der Waals surface area contributed by atoms with Crippen LogP contribution in [-0.2, 0) is 9.53 Å². The molecule has 0 aromatic heterocycles. The topological polar surface area (TPSA) is 38.8 Å². The smallest absolute Gasteiger partial charge is 0.307 e. The summed E-state index contributed by atoms with van der Waals surface area (Å²) in [6.07, 6.45) is 2.59. The maximum absolute atomic E-state index is 12.0. The van der Waals surface area contributed by atoms with E-state index in [0.29, 0.717) is 18.1 Å². The molecule has 0 saturated carbocycles. The molecule has 1 aromatic rings. The van der Waals surface area contributed by atoms with Crippen molar-refractivity contribution in [2.75, 3.05) is 26.8 Å². The van der Waals surface area contributed by atoms with E-state index in [1.165, 1.54) is 0 Å². The van der Waals surface area contributed by atoms with Crippen molar-refractivity contribution in [1.29, 1.82) is 0 Å². The second-order valence-electron chi connectivity index (χ2n) is 5.12. The molecule has 1 aliphatic heterocycles. The molecule has 1 saturated heterocycles. The normalized spacial score (nSPS) is 16.7. The van der Waals surface area contributed by atoms with Gasteiger partial charge in [-0.2, -0.15) is 0 Å². The van der Waals surface area contributed by atoms with Gasteiger partial charge in [0.1, 0.15) is 5.75 Å². The highest BCUT2D eigenvalue weighted by atomic mass is 35.5. The molecule has 0 aliphatic carbocycles. The summed E-state index contributed by atoms with van der Waals surface area (Å²) in [5, 5.41) is 0.635. The summed E-state index contributed by atoms with van der Waals surface area (Å²) in [5.41, 5.74) is 0.886. The quantitative estimate of drug-likeness (QED) is 0.754. The van der Waals surface area contributed by atoms with Crippen LogP contribution in [0.2, 0.25) is 5.02 Å². The molecule has 21 heavy (non-hydrogen) atoms. The summed E-state index contributed by atoms with van der Waals surface area (Å²) in [7, 11) is 1.63. The van der Waals surface area contributed by atoms with Crippen molar-refractivity contribution in [3.63, 3.8) is 0 Å². The van der Waals surface area contributed by atoms with Crippen molar-refractivity contribution in [3.8, 4) is 5.75 Å². The first-order valence-electron chi connectivity index (χ1n) is 7.39. The van der Waals surface area contributed by atoms with Crippen molar-refractivity contribution in [2.45, 2.75) is 32.2 Å². The molecule has 1 unspecified atom stereocenters. The Kier molecular flexibility index (Phi) is 5.88. The Balaban J connectivity index is 2.32. The number of carbonyl (C=O) groups excluding carboxylic acids is 1. The Labute approximate surface area is 131 Å². The molecule has 5 heteroatoms. The number of rotatable bonds is 6. The maximum atomic E-state index is 12.0. The van der Waals surface area contributed by atoms with Crippen LogP contribution < -0.4 is 4.74 Å². The van der Waals surface area contributed by atoms with Gasteiger partial charge >= 0.3 is 5.97 Å². The molecule has 1 heterocycles. The number of hydrogen-bond donors (Lipinski definition) is 0. The molecule has 0 bridgehead atoms. The van der Waals surface area contributed by atoms with Gasteiger partial charge in [0.15, 0.2) is 0 Å². The van der Waals surface area contributed by atoms with Crippen LogP contribution >= 0.6 is 11.6 Å².